The third-order valence-corrected chi connectivity index (χ3v) is 3.44. The lowest BCUT2D eigenvalue weighted by Crippen LogP contribution is -2.36. The Morgan fingerprint density at radius 2 is 2.00 bits per heavy atom. The number of rotatable bonds is 5. The van der Waals surface area contributed by atoms with Crippen molar-refractivity contribution in [2.45, 2.75) is 31.5 Å². The predicted molar refractivity (Wildman–Crippen MR) is 64.0 cm³/mol. The minimum atomic E-state index is 0.656. The van der Waals surface area contributed by atoms with Crippen molar-refractivity contribution in [2.24, 2.45) is 5.92 Å². The molecule has 0 radical (unpaired) electrons. The van der Waals surface area contributed by atoms with Crippen molar-refractivity contribution < 1.29 is 4.74 Å². The highest BCUT2D eigenvalue weighted by Gasteiger charge is 2.15. The van der Waals surface area contributed by atoms with Gasteiger partial charge in [-0.25, -0.2) is 0 Å². The van der Waals surface area contributed by atoms with Gasteiger partial charge in [0.2, 0.25) is 0 Å². The van der Waals surface area contributed by atoms with Crippen molar-refractivity contribution in [1.82, 2.24) is 4.90 Å². The second-order valence-corrected chi connectivity index (χ2v) is 5.78. The van der Waals surface area contributed by atoms with E-state index in [-0.39, 0.29) is 0 Å². The Morgan fingerprint density at radius 3 is 2.57 bits per heavy atom. The maximum absolute atomic E-state index is 5.57. The molecule has 0 aromatic heterocycles. The Balaban J connectivity index is 1.96. The van der Waals surface area contributed by atoms with E-state index in [2.05, 4.69) is 34.7 Å². The molecule has 0 aromatic carbocycles. The van der Waals surface area contributed by atoms with E-state index in [0.717, 1.165) is 24.6 Å². The van der Waals surface area contributed by atoms with Crippen molar-refractivity contribution in [1.29, 1.82) is 0 Å². The number of likely N-dealkylation sites (tertiary alicyclic amines) is 1. The van der Waals surface area contributed by atoms with E-state index >= 15 is 0 Å². The molecule has 0 aliphatic carbocycles. The average Bonchev–Trinajstić information content (AvgIpc) is 2.15. The smallest absolute Gasteiger partial charge is 0.0593 e. The Kier molecular flexibility index (Phi) is 6.06. The van der Waals surface area contributed by atoms with Gasteiger partial charge in [0, 0.05) is 18.0 Å². The summed E-state index contributed by atoms with van der Waals surface area (Å²) in [5.74, 6) is 0.656. The van der Waals surface area contributed by atoms with E-state index in [9.17, 15) is 0 Å². The molecule has 14 heavy (non-hydrogen) atoms. The second-order valence-electron chi connectivity index (χ2n) is 4.49. The molecule has 1 saturated heterocycles. The maximum Gasteiger partial charge on any atom is 0.0593 e. The van der Waals surface area contributed by atoms with Crippen LogP contribution in [-0.2, 0) is 4.74 Å². The van der Waals surface area contributed by atoms with E-state index < -0.39 is 0 Å². The maximum atomic E-state index is 5.57. The van der Waals surface area contributed by atoms with Crippen LogP contribution in [-0.4, -0.2) is 42.6 Å². The highest BCUT2D eigenvalue weighted by atomic mass is 79.9. The van der Waals surface area contributed by atoms with Gasteiger partial charge in [0.15, 0.2) is 0 Å². The normalized spacial score (nSPS) is 20.6. The summed E-state index contributed by atoms with van der Waals surface area (Å²) in [6, 6.07) is 0. The summed E-state index contributed by atoms with van der Waals surface area (Å²) in [7, 11) is 0. The van der Waals surface area contributed by atoms with Crippen molar-refractivity contribution >= 4 is 15.9 Å². The van der Waals surface area contributed by atoms with Crippen LogP contribution in [0.3, 0.4) is 0 Å². The molecule has 1 rings (SSSR count). The molecular formula is C11H22BrNO. The van der Waals surface area contributed by atoms with E-state index in [1.807, 2.05) is 0 Å². The molecule has 3 heteroatoms. The molecule has 84 valence electrons. The standard InChI is InChI=1S/C11H22BrNO/c1-10(2)9-14-8-7-13-5-3-11(12)4-6-13/h10-11H,3-9H2,1-2H3. The number of alkyl halides is 1. The van der Waals surface area contributed by atoms with Crippen LogP contribution in [0.1, 0.15) is 26.7 Å². The van der Waals surface area contributed by atoms with E-state index in [0.29, 0.717) is 5.92 Å². The Morgan fingerprint density at radius 1 is 1.36 bits per heavy atom. The molecule has 1 aliphatic heterocycles. The van der Waals surface area contributed by atoms with Gasteiger partial charge in [-0.15, -0.1) is 0 Å². The monoisotopic (exact) mass is 263 g/mol. The molecule has 0 amide bonds. The zero-order chi connectivity index (χ0) is 10.4. The molecule has 1 fully saturated rings. The van der Waals surface area contributed by atoms with Crippen molar-refractivity contribution in [3.8, 4) is 0 Å². The largest absolute Gasteiger partial charge is 0.380 e. The summed E-state index contributed by atoms with van der Waals surface area (Å²) in [6.45, 7) is 9.72. The molecule has 0 aromatic rings. The van der Waals surface area contributed by atoms with Crippen LogP contribution >= 0.6 is 15.9 Å². The van der Waals surface area contributed by atoms with Crippen LogP contribution in [0.5, 0.6) is 0 Å². The zero-order valence-corrected chi connectivity index (χ0v) is 10.9. The van der Waals surface area contributed by atoms with Crippen LogP contribution in [0.25, 0.3) is 0 Å². The SMILES string of the molecule is CC(C)COCCN1CCC(Br)CC1. The fraction of sp³-hybridized carbons (Fsp3) is 1.00. The first-order valence-corrected chi connectivity index (χ1v) is 6.54. The van der Waals surface area contributed by atoms with Crippen molar-refractivity contribution in [2.75, 3.05) is 32.8 Å². The molecule has 0 spiro atoms. The third-order valence-electron chi connectivity index (χ3n) is 2.52. The Bertz CT molecular complexity index is 144. The van der Waals surface area contributed by atoms with Gasteiger partial charge in [0.05, 0.1) is 6.61 Å². The first kappa shape index (κ1) is 12.5. The van der Waals surface area contributed by atoms with Crippen LogP contribution in [0, 0.1) is 5.92 Å². The summed E-state index contributed by atoms with van der Waals surface area (Å²) < 4.78 is 5.57. The number of halogens is 1. The summed E-state index contributed by atoms with van der Waals surface area (Å²) >= 11 is 3.66. The van der Waals surface area contributed by atoms with Gasteiger partial charge in [-0.05, 0) is 31.8 Å². The second kappa shape index (κ2) is 6.81. The summed E-state index contributed by atoms with van der Waals surface area (Å²) in [5.41, 5.74) is 0. The quantitative estimate of drug-likeness (QED) is 0.559. The molecule has 0 atom stereocenters. The van der Waals surface area contributed by atoms with Gasteiger partial charge in [0.25, 0.3) is 0 Å². The third kappa shape index (κ3) is 5.32. The van der Waals surface area contributed by atoms with Gasteiger partial charge in [0.1, 0.15) is 0 Å². The van der Waals surface area contributed by atoms with Crippen LogP contribution in [0.2, 0.25) is 0 Å². The fourth-order valence-electron chi connectivity index (χ4n) is 1.64. The lowest BCUT2D eigenvalue weighted by molar-refractivity contribution is 0.0807. The number of hydrogen-bond donors (Lipinski definition) is 0. The number of nitrogens with zero attached hydrogens (tertiary/aromatic N) is 1. The molecule has 0 N–H and O–H groups in total. The number of hydrogen-bond acceptors (Lipinski definition) is 2. The van der Waals surface area contributed by atoms with Gasteiger partial charge in [-0.2, -0.15) is 0 Å². The lowest BCUT2D eigenvalue weighted by atomic mass is 10.1. The molecule has 2 nitrogen and oxygen atoms in total. The molecule has 0 bridgehead atoms. The van der Waals surface area contributed by atoms with E-state index in [4.69, 9.17) is 4.74 Å². The van der Waals surface area contributed by atoms with Gasteiger partial charge in [-0.1, -0.05) is 29.8 Å². The summed E-state index contributed by atoms with van der Waals surface area (Å²) in [6.07, 6.45) is 2.56. The van der Waals surface area contributed by atoms with Crippen LogP contribution in [0.4, 0.5) is 0 Å². The zero-order valence-electron chi connectivity index (χ0n) is 9.34. The Hall–Kier alpha value is 0.400. The van der Waals surface area contributed by atoms with Gasteiger partial charge >= 0.3 is 0 Å². The number of piperidine rings is 1. The van der Waals surface area contributed by atoms with Crippen molar-refractivity contribution in [3.63, 3.8) is 0 Å². The molecule has 0 unspecified atom stereocenters. The van der Waals surface area contributed by atoms with Crippen LogP contribution < -0.4 is 0 Å². The van der Waals surface area contributed by atoms with Gasteiger partial charge in [-0.3, -0.25) is 0 Å². The highest BCUT2D eigenvalue weighted by Crippen LogP contribution is 2.16. The number of ether oxygens (including phenoxy) is 1. The lowest BCUT2D eigenvalue weighted by Gasteiger charge is -2.29. The molecule has 1 heterocycles. The predicted octanol–water partition coefficient (Wildman–Crippen LogP) is 2.52. The minimum absolute atomic E-state index is 0.656. The minimum Gasteiger partial charge on any atom is -0.380 e. The topological polar surface area (TPSA) is 12.5 Å². The summed E-state index contributed by atoms with van der Waals surface area (Å²) in [4.78, 5) is 3.24. The van der Waals surface area contributed by atoms with Crippen LogP contribution in [0.15, 0.2) is 0 Å². The molecule has 0 saturated carbocycles. The highest BCUT2D eigenvalue weighted by molar-refractivity contribution is 9.09. The molecular weight excluding hydrogens is 242 g/mol. The average molecular weight is 264 g/mol. The van der Waals surface area contributed by atoms with Gasteiger partial charge < -0.3 is 9.64 Å². The van der Waals surface area contributed by atoms with E-state index in [1.165, 1.54) is 25.9 Å². The fourth-order valence-corrected chi connectivity index (χ4v) is 2.05. The summed E-state index contributed by atoms with van der Waals surface area (Å²) in [5, 5.41) is 0. The molecule has 1 aliphatic rings. The first-order chi connectivity index (χ1) is 6.68. The van der Waals surface area contributed by atoms with Crippen molar-refractivity contribution in [3.05, 3.63) is 0 Å². The first-order valence-electron chi connectivity index (χ1n) is 5.62. The Labute approximate surface area is 96.1 Å². The van der Waals surface area contributed by atoms with E-state index in [1.54, 1.807) is 0 Å².